The zero-order valence-corrected chi connectivity index (χ0v) is 11.9. The van der Waals surface area contributed by atoms with Crippen molar-refractivity contribution >= 4 is 17.5 Å². The molecule has 0 aliphatic carbocycles. The molecule has 1 heterocycles. The van der Waals surface area contributed by atoms with Gasteiger partial charge < -0.3 is 15.3 Å². The molecule has 5 heteroatoms. The topological polar surface area (TPSA) is 52.6 Å². The summed E-state index contributed by atoms with van der Waals surface area (Å²) >= 11 is 5.97. The average Bonchev–Trinajstić information content (AvgIpc) is 2.83. The van der Waals surface area contributed by atoms with Crippen LogP contribution in [0.2, 0.25) is 5.02 Å². The van der Waals surface area contributed by atoms with Gasteiger partial charge in [0.2, 0.25) is 5.91 Å². The first-order chi connectivity index (χ1) is 8.99. The van der Waals surface area contributed by atoms with E-state index >= 15 is 0 Å². The SMILES string of the molecule is CC(c1cccc(Cl)c1)N(C)C(=O)C1CC(O)CN1. The van der Waals surface area contributed by atoms with Gasteiger partial charge in [-0.1, -0.05) is 23.7 Å². The van der Waals surface area contributed by atoms with Crippen molar-refractivity contribution < 1.29 is 9.90 Å². The second kappa shape index (κ2) is 5.90. The van der Waals surface area contributed by atoms with Crippen LogP contribution < -0.4 is 5.32 Å². The number of likely N-dealkylation sites (N-methyl/N-ethyl adjacent to an activating group) is 1. The van der Waals surface area contributed by atoms with Crippen molar-refractivity contribution in [1.29, 1.82) is 0 Å². The van der Waals surface area contributed by atoms with E-state index in [0.29, 0.717) is 18.0 Å². The van der Waals surface area contributed by atoms with Gasteiger partial charge in [0.25, 0.3) is 0 Å². The summed E-state index contributed by atoms with van der Waals surface area (Å²) < 4.78 is 0. The van der Waals surface area contributed by atoms with Gasteiger partial charge in [-0.15, -0.1) is 0 Å². The van der Waals surface area contributed by atoms with Gasteiger partial charge in [-0.05, 0) is 31.0 Å². The monoisotopic (exact) mass is 282 g/mol. The van der Waals surface area contributed by atoms with E-state index in [4.69, 9.17) is 11.6 Å². The van der Waals surface area contributed by atoms with Crippen LogP contribution in [0.1, 0.15) is 24.9 Å². The third-order valence-corrected chi connectivity index (χ3v) is 3.90. The number of hydrogen-bond donors (Lipinski definition) is 2. The maximum Gasteiger partial charge on any atom is 0.240 e. The van der Waals surface area contributed by atoms with E-state index in [9.17, 15) is 9.90 Å². The molecular weight excluding hydrogens is 264 g/mol. The number of β-amino-alcohol motifs (C(OH)–C–C–N with tert-alkyl or cyclic N) is 1. The molecular formula is C14H19ClN2O2. The van der Waals surface area contributed by atoms with Crippen molar-refractivity contribution in [3.8, 4) is 0 Å². The van der Waals surface area contributed by atoms with Crippen molar-refractivity contribution in [2.24, 2.45) is 0 Å². The standard InChI is InChI=1S/C14H19ClN2O2/c1-9(10-4-3-5-11(15)6-10)17(2)14(19)13-7-12(18)8-16-13/h3-6,9,12-13,16,18H,7-8H2,1-2H3. The summed E-state index contributed by atoms with van der Waals surface area (Å²) in [5.41, 5.74) is 1.00. The number of aliphatic hydroxyl groups is 1. The number of carbonyl (C=O) groups excluding carboxylic acids is 1. The lowest BCUT2D eigenvalue weighted by atomic mass is 10.1. The van der Waals surface area contributed by atoms with Gasteiger partial charge in [0, 0.05) is 18.6 Å². The van der Waals surface area contributed by atoms with Crippen molar-refractivity contribution in [2.45, 2.75) is 31.5 Å². The van der Waals surface area contributed by atoms with Gasteiger partial charge in [-0.3, -0.25) is 4.79 Å². The van der Waals surface area contributed by atoms with Crippen LogP contribution in [0, 0.1) is 0 Å². The summed E-state index contributed by atoms with van der Waals surface area (Å²) in [4.78, 5) is 14.0. The normalized spacial score (nSPS) is 24.2. The third kappa shape index (κ3) is 3.26. The third-order valence-electron chi connectivity index (χ3n) is 3.67. The number of hydrogen-bond acceptors (Lipinski definition) is 3. The number of nitrogens with zero attached hydrogens (tertiary/aromatic N) is 1. The maximum atomic E-state index is 12.3. The van der Waals surface area contributed by atoms with Crippen LogP contribution in [0.4, 0.5) is 0 Å². The van der Waals surface area contributed by atoms with E-state index in [2.05, 4.69) is 5.32 Å². The first kappa shape index (κ1) is 14.3. The van der Waals surface area contributed by atoms with E-state index in [1.54, 1.807) is 11.9 Å². The second-order valence-corrected chi connectivity index (χ2v) is 5.47. The Balaban J connectivity index is 2.06. The lowest BCUT2D eigenvalue weighted by Gasteiger charge is -2.28. The molecule has 104 valence electrons. The second-order valence-electron chi connectivity index (χ2n) is 5.03. The molecule has 1 aliphatic heterocycles. The van der Waals surface area contributed by atoms with E-state index in [-0.39, 0.29) is 18.0 Å². The molecule has 1 fully saturated rings. The number of nitrogens with one attached hydrogen (secondary N) is 1. The highest BCUT2D eigenvalue weighted by Crippen LogP contribution is 2.23. The Kier molecular flexibility index (Phi) is 4.45. The molecule has 0 spiro atoms. The summed E-state index contributed by atoms with van der Waals surface area (Å²) in [5, 5.41) is 13.2. The van der Waals surface area contributed by atoms with Crippen LogP contribution >= 0.6 is 11.6 Å². The van der Waals surface area contributed by atoms with Gasteiger partial charge in [-0.2, -0.15) is 0 Å². The zero-order valence-electron chi connectivity index (χ0n) is 11.1. The Hall–Kier alpha value is -1.10. The van der Waals surface area contributed by atoms with Crippen molar-refractivity contribution in [1.82, 2.24) is 10.2 Å². The number of carbonyl (C=O) groups is 1. The van der Waals surface area contributed by atoms with Gasteiger partial charge >= 0.3 is 0 Å². The van der Waals surface area contributed by atoms with Crippen LogP contribution in [0.15, 0.2) is 24.3 Å². The Bertz CT molecular complexity index is 467. The van der Waals surface area contributed by atoms with Gasteiger partial charge in [0.15, 0.2) is 0 Å². The van der Waals surface area contributed by atoms with Crippen molar-refractivity contribution in [3.05, 3.63) is 34.9 Å². The lowest BCUT2D eigenvalue weighted by molar-refractivity contribution is -0.133. The van der Waals surface area contributed by atoms with Crippen LogP contribution in [0.5, 0.6) is 0 Å². The molecule has 0 saturated carbocycles. The van der Waals surface area contributed by atoms with Gasteiger partial charge in [0.05, 0.1) is 18.2 Å². The smallest absolute Gasteiger partial charge is 0.240 e. The molecule has 1 aromatic rings. The summed E-state index contributed by atoms with van der Waals surface area (Å²) in [7, 11) is 1.78. The summed E-state index contributed by atoms with van der Waals surface area (Å²) in [6.45, 7) is 2.45. The number of rotatable bonds is 3. The molecule has 3 unspecified atom stereocenters. The zero-order chi connectivity index (χ0) is 14.0. The molecule has 0 bridgehead atoms. The lowest BCUT2D eigenvalue weighted by Crippen LogP contribution is -2.42. The Labute approximate surface area is 118 Å². The minimum Gasteiger partial charge on any atom is -0.392 e. The molecule has 2 N–H and O–H groups in total. The van der Waals surface area contributed by atoms with Crippen molar-refractivity contribution in [2.75, 3.05) is 13.6 Å². The predicted molar refractivity (Wildman–Crippen MR) is 75.1 cm³/mol. The molecule has 2 rings (SSSR count). The predicted octanol–water partition coefficient (Wildman–Crippen LogP) is 1.58. The highest BCUT2D eigenvalue weighted by molar-refractivity contribution is 6.30. The van der Waals surface area contributed by atoms with Crippen molar-refractivity contribution in [3.63, 3.8) is 0 Å². The van der Waals surface area contributed by atoms with Gasteiger partial charge in [0.1, 0.15) is 0 Å². The molecule has 1 saturated heterocycles. The minimum atomic E-state index is -0.427. The number of amides is 1. The quantitative estimate of drug-likeness (QED) is 0.885. The fraction of sp³-hybridized carbons (Fsp3) is 0.500. The molecule has 0 aromatic heterocycles. The fourth-order valence-corrected chi connectivity index (χ4v) is 2.53. The minimum absolute atomic E-state index is 0.00373. The molecule has 4 nitrogen and oxygen atoms in total. The first-order valence-corrected chi connectivity index (χ1v) is 6.80. The van der Waals surface area contributed by atoms with Crippen LogP contribution in [0.25, 0.3) is 0 Å². The number of halogens is 1. The summed E-state index contributed by atoms with van der Waals surface area (Å²) in [5.74, 6) is 0.00373. The Morgan fingerprint density at radius 3 is 2.89 bits per heavy atom. The largest absolute Gasteiger partial charge is 0.392 e. The van der Waals surface area contributed by atoms with E-state index < -0.39 is 6.10 Å². The molecule has 1 aromatic carbocycles. The fourth-order valence-electron chi connectivity index (χ4n) is 2.33. The number of benzene rings is 1. The van der Waals surface area contributed by atoms with Gasteiger partial charge in [-0.25, -0.2) is 0 Å². The number of aliphatic hydroxyl groups excluding tert-OH is 1. The molecule has 1 amide bonds. The van der Waals surface area contributed by atoms with Crippen LogP contribution in [-0.4, -0.2) is 41.7 Å². The van der Waals surface area contributed by atoms with Crippen LogP contribution in [-0.2, 0) is 4.79 Å². The summed E-state index contributed by atoms with van der Waals surface area (Å²) in [6.07, 6.45) is 0.0506. The Morgan fingerprint density at radius 1 is 1.58 bits per heavy atom. The highest BCUT2D eigenvalue weighted by atomic mass is 35.5. The first-order valence-electron chi connectivity index (χ1n) is 6.42. The average molecular weight is 283 g/mol. The van der Waals surface area contributed by atoms with E-state index in [0.717, 1.165) is 5.56 Å². The molecule has 19 heavy (non-hydrogen) atoms. The van der Waals surface area contributed by atoms with E-state index in [1.165, 1.54) is 0 Å². The highest BCUT2D eigenvalue weighted by Gasteiger charge is 2.31. The maximum absolute atomic E-state index is 12.3. The molecule has 0 radical (unpaired) electrons. The molecule has 1 aliphatic rings. The van der Waals surface area contributed by atoms with E-state index in [1.807, 2.05) is 31.2 Å². The summed E-state index contributed by atoms with van der Waals surface area (Å²) in [6, 6.07) is 7.18. The van der Waals surface area contributed by atoms with Crippen LogP contribution in [0.3, 0.4) is 0 Å². The Morgan fingerprint density at radius 2 is 2.32 bits per heavy atom. The molecule has 3 atom stereocenters.